The van der Waals surface area contributed by atoms with Crippen LogP contribution in [0.25, 0.3) is 0 Å². The van der Waals surface area contributed by atoms with E-state index in [0.717, 1.165) is 12.5 Å². The van der Waals surface area contributed by atoms with E-state index in [1.54, 1.807) is 18.0 Å². The number of nitrogens with one attached hydrogen (secondary N) is 2. The molecule has 5 rings (SSSR count). The van der Waals surface area contributed by atoms with E-state index < -0.39 is 41.8 Å². The molecule has 0 radical (unpaired) electrons. The van der Waals surface area contributed by atoms with E-state index in [2.05, 4.69) is 15.3 Å². The minimum absolute atomic E-state index is 0.0361. The number of H-pyrrole nitrogens is 1. The van der Waals surface area contributed by atoms with Crippen LogP contribution >= 0.6 is 0 Å². The highest BCUT2D eigenvalue weighted by atomic mass is 19.3. The third-order valence-corrected chi connectivity index (χ3v) is 7.34. The molecule has 4 heterocycles. The van der Waals surface area contributed by atoms with Crippen molar-refractivity contribution in [1.82, 2.24) is 19.4 Å². The van der Waals surface area contributed by atoms with Crippen molar-refractivity contribution in [3.8, 4) is 0 Å². The van der Waals surface area contributed by atoms with Crippen molar-refractivity contribution in [1.29, 1.82) is 0 Å². The molecule has 1 saturated heterocycles. The van der Waals surface area contributed by atoms with Crippen LogP contribution in [0.5, 0.6) is 0 Å². The number of amides is 1. The fourth-order valence-corrected chi connectivity index (χ4v) is 5.30. The van der Waals surface area contributed by atoms with Gasteiger partial charge in [0.05, 0.1) is 18.0 Å². The Labute approximate surface area is 210 Å². The summed E-state index contributed by atoms with van der Waals surface area (Å²) in [7, 11) is 0. The number of anilines is 1. The molecule has 1 aromatic carbocycles. The van der Waals surface area contributed by atoms with Gasteiger partial charge in [0.1, 0.15) is 17.5 Å². The first kappa shape index (κ1) is 25.2. The first-order valence-electron chi connectivity index (χ1n) is 12.3. The molecule has 196 valence electrons. The van der Waals surface area contributed by atoms with Crippen LogP contribution in [0, 0.1) is 11.6 Å². The van der Waals surface area contributed by atoms with E-state index in [9.17, 15) is 27.2 Å². The van der Waals surface area contributed by atoms with Gasteiger partial charge in [0.25, 0.3) is 5.92 Å². The smallest absolute Gasteiger partial charge is 0.257 e. The predicted molar refractivity (Wildman–Crippen MR) is 129 cm³/mol. The van der Waals surface area contributed by atoms with Gasteiger partial charge in [0, 0.05) is 50.5 Å². The molecule has 2 aliphatic rings. The molecule has 0 aliphatic carbocycles. The molecule has 37 heavy (non-hydrogen) atoms. The van der Waals surface area contributed by atoms with Crippen molar-refractivity contribution in [2.75, 3.05) is 18.4 Å². The maximum atomic E-state index is 14.7. The summed E-state index contributed by atoms with van der Waals surface area (Å²) in [5.74, 6) is -4.85. The first-order chi connectivity index (χ1) is 17.6. The molecule has 11 heteroatoms. The normalized spacial score (nSPS) is 22.3. The number of rotatable bonds is 5. The van der Waals surface area contributed by atoms with E-state index in [1.165, 1.54) is 30.5 Å². The number of piperidine rings is 1. The van der Waals surface area contributed by atoms with Gasteiger partial charge in [-0.05, 0) is 43.0 Å². The average Bonchev–Trinajstić information content (AvgIpc) is 3.26. The number of aromatic amines is 1. The van der Waals surface area contributed by atoms with Crippen LogP contribution in [0.3, 0.4) is 0 Å². The number of pyridine rings is 1. The topological polar surface area (TPSA) is 83.0 Å². The standard InChI is InChI=1S/C26H27F4N5O2/c1-15(34-8-7-26(29,30)20(13-34)16-5-6-24(36)31-12-16)25(37)33-22-14-35-21(3-2-4-23(35)32-22)17-9-18(27)11-19(28)10-17/h5-6,9-12,14-15,20-21H,2-4,7-8,13H2,1H3,(H,31,36)(H,33,37)/t15-,20+,21-/m0/s1. The molecule has 3 atom stereocenters. The molecule has 0 saturated carbocycles. The maximum absolute atomic E-state index is 14.7. The van der Waals surface area contributed by atoms with Gasteiger partial charge < -0.3 is 14.9 Å². The Hall–Kier alpha value is -3.47. The molecule has 2 N–H and O–H groups in total. The van der Waals surface area contributed by atoms with Gasteiger partial charge in [-0.3, -0.25) is 14.5 Å². The second-order valence-electron chi connectivity index (χ2n) is 9.77. The number of halogens is 4. The number of imidazole rings is 1. The van der Waals surface area contributed by atoms with Crippen LogP contribution in [0.15, 0.2) is 47.5 Å². The van der Waals surface area contributed by atoms with E-state index in [0.29, 0.717) is 35.6 Å². The second kappa shape index (κ2) is 9.77. The summed E-state index contributed by atoms with van der Waals surface area (Å²) >= 11 is 0. The summed E-state index contributed by atoms with van der Waals surface area (Å²) in [5.41, 5.74) is 0.424. The number of nitrogens with zero attached hydrogens (tertiary/aromatic N) is 3. The van der Waals surface area contributed by atoms with Gasteiger partial charge in [-0.25, -0.2) is 22.5 Å². The number of fused-ring (bicyclic) bond motifs is 1. The van der Waals surface area contributed by atoms with Crippen LogP contribution in [-0.2, 0) is 11.2 Å². The number of aromatic nitrogens is 3. The second-order valence-corrected chi connectivity index (χ2v) is 9.77. The molecule has 7 nitrogen and oxygen atoms in total. The number of hydrogen-bond acceptors (Lipinski definition) is 4. The minimum Gasteiger partial charge on any atom is -0.329 e. The van der Waals surface area contributed by atoms with Crippen molar-refractivity contribution < 1.29 is 22.4 Å². The predicted octanol–water partition coefficient (Wildman–Crippen LogP) is 4.23. The Balaban J connectivity index is 1.31. The van der Waals surface area contributed by atoms with E-state index in [-0.39, 0.29) is 24.7 Å². The molecule has 0 unspecified atom stereocenters. The number of alkyl halides is 2. The van der Waals surface area contributed by atoms with Crippen LogP contribution in [-0.4, -0.2) is 50.4 Å². The Morgan fingerprint density at radius 3 is 2.65 bits per heavy atom. The lowest BCUT2D eigenvalue weighted by Gasteiger charge is -2.40. The van der Waals surface area contributed by atoms with Crippen molar-refractivity contribution >= 4 is 11.7 Å². The average molecular weight is 518 g/mol. The quantitative estimate of drug-likeness (QED) is 0.497. The Bertz CT molecular complexity index is 1330. The molecular weight excluding hydrogens is 490 g/mol. The molecule has 3 aromatic rings. The highest BCUT2D eigenvalue weighted by Crippen LogP contribution is 2.40. The van der Waals surface area contributed by atoms with Crippen molar-refractivity contribution in [2.24, 2.45) is 0 Å². The lowest BCUT2D eigenvalue weighted by atomic mass is 9.87. The molecular formula is C26H27F4N5O2. The number of benzene rings is 1. The number of aryl methyl sites for hydroxylation is 1. The minimum atomic E-state index is -2.97. The zero-order chi connectivity index (χ0) is 26.3. The molecule has 1 fully saturated rings. The van der Waals surface area contributed by atoms with Crippen LogP contribution in [0.1, 0.15) is 55.1 Å². The third kappa shape index (κ3) is 5.18. The summed E-state index contributed by atoms with van der Waals surface area (Å²) in [4.78, 5) is 33.1. The molecule has 2 aromatic heterocycles. The third-order valence-electron chi connectivity index (χ3n) is 7.34. The zero-order valence-electron chi connectivity index (χ0n) is 20.2. The number of hydrogen-bond donors (Lipinski definition) is 2. The van der Waals surface area contributed by atoms with E-state index in [1.807, 2.05) is 4.57 Å². The van der Waals surface area contributed by atoms with Crippen LogP contribution < -0.4 is 10.9 Å². The van der Waals surface area contributed by atoms with Gasteiger partial charge in [0.15, 0.2) is 5.82 Å². The lowest BCUT2D eigenvalue weighted by Crippen LogP contribution is -2.52. The summed E-state index contributed by atoms with van der Waals surface area (Å²) in [6.07, 6.45) is 4.63. The molecule has 1 amide bonds. The monoisotopic (exact) mass is 517 g/mol. The summed E-state index contributed by atoms with van der Waals surface area (Å²) in [6, 6.07) is 5.00. The van der Waals surface area contributed by atoms with Crippen LogP contribution in [0.4, 0.5) is 23.4 Å². The fourth-order valence-electron chi connectivity index (χ4n) is 5.30. The van der Waals surface area contributed by atoms with E-state index in [4.69, 9.17) is 0 Å². The zero-order valence-corrected chi connectivity index (χ0v) is 20.2. The fraction of sp³-hybridized carbons (Fsp3) is 0.423. The first-order valence-corrected chi connectivity index (χ1v) is 12.3. The van der Waals surface area contributed by atoms with Crippen molar-refractivity contribution in [3.05, 3.63) is 81.7 Å². The van der Waals surface area contributed by atoms with Gasteiger partial charge in [0.2, 0.25) is 11.5 Å². The number of carbonyl (C=O) groups excluding carboxylic acids is 1. The van der Waals surface area contributed by atoms with E-state index >= 15 is 0 Å². The SMILES string of the molecule is C[C@@H](C(=O)Nc1cn2c(n1)CCC[C@H]2c1cc(F)cc(F)c1)N1CCC(F)(F)[C@@H](c2ccc(=O)[nH]c2)C1. The van der Waals surface area contributed by atoms with Gasteiger partial charge >= 0.3 is 0 Å². The van der Waals surface area contributed by atoms with Gasteiger partial charge in [-0.2, -0.15) is 0 Å². The van der Waals surface area contributed by atoms with Crippen molar-refractivity contribution in [3.63, 3.8) is 0 Å². The summed E-state index contributed by atoms with van der Waals surface area (Å²) < 4.78 is 58.9. The number of likely N-dealkylation sites (tertiary alicyclic amines) is 1. The van der Waals surface area contributed by atoms with Gasteiger partial charge in [-0.15, -0.1) is 0 Å². The highest BCUT2D eigenvalue weighted by Gasteiger charge is 2.46. The lowest BCUT2D eigenvalue weighted by molar-refractivity contribution is -0.125. The number of carbonyl (C=O) groups is 1. The summed E-state index contributed by atoms with van der Waals surface area (Å²) in [5, 5.41) is 2.78. The Morgan fingerprint density at radius 2 is 1.95 bits per heavy atom. The van der Waals surface area contributed by atoms with Gasteiger partial charge in [-0.1, -0.05) is 6.07 Å². The Morgan fingerprint density at radius 1 is 1.19 bits per heavy atom. The molecule has 0 spiro atoms. The largest absolute Gasteiger partial charge is 0.329 e. The molecule has 2 aliphatic heterocycles. The van der Waals surface area contributed by atoms with Crippen LogP contribution in [0.2, 0.25) is 0 Å². The highest BCUT2D eigenvalue weighted by molar-refractivity contribution is 5.93. The summed E-state index contributed by atoms with van der Waals surface area (Å²) in [6.45, 7) is 1.63. The molecule has 0 bridgehead atoms. The Kier molecular flexibility index (Phi) is 6.65. The maximum Gasteiger partial charge on any atom is 0.257 e. The van der Waals surface area contributed by atoms with Crippen molar-refractivity contribution in [2.45, 2.75) is 56.5 Å².